The second kappa shape index (κ2) is 8.78. The number of carbonyl (C=O) groups excluding carboxylic acids is 2. The predicted molar refractivity (Wildman–Crippen MR) is 86.0 cm³/mol. The minimum Gasteiger partial charge on any atom is -0.462 e. The van der Waals surface area contributed by atoms with Crippen molar-refractivity contribution in [3.8, 4) is 0 Å². The monoisotopic (exact) mass is 327 g/mol. The van der Waals surface area contributed by atoms with Gasteiger partial charge in [-0.1, -0.05) is 12.1 Å². The van der Waals surface area contributed by atoms with Crippen LogP contribution in [0.5, 0.6) is 0 Å². The summed E-state index contributed by atoms with van der Waals surface area (Å²) in [4.78, 5) is 25.2. The van der Waals surface area contributed by atoms with Gasteiger partial charge in [-0.05, 0) is 38.5 Å². The Kier molecular flexibility index (Phi) is 7.38. The molecule has 1 aromatic carbocycles. The molecule has 0 aromatic heterocycles. The van der Waals surface area contributed by atoms with Crippen LogP contribution in [0.3, 0.4) is 0 Å². The van der Waals surface area contributed by atoms with Crippen LogP contribution in [-0.2, 0) is 20.9 Å². The van der Waals surface area contributed by atoms with Crippen LogP contribution in [0.15, 0.2) is 24.3 Å². The number of carbonyl (C=O) groups is 2. The average Bonchev–Trinajstić information content (AvgIpc) is 2.43. The summed E-state index contributed by atoms with van der Waals surface area (Å²) in [7, 11) is 1.66. The molecule has 1 rings (SSSR count). The summed E-state index contributed by atoms with van der Waals surface area (Å²) in [6, 6.07) is 6.15. The van der Waals surface area contributed by atoms with Crippen molar-refractivity contribution in [3.63, 3.8) is 0 Å². The Labute approximate surface area is 135 Å². The van der Waals surface area contributed by atoms with Crippen LogP contribution in [0.4, 0.5) is 4.39 Å². The van der Waals surface area contributed by atoms with Crippen molar-refractivity contribution in [2.45, 2.75) is 38.7 Å². The molecule has 0 saturated heterocycles. The van der Waals surface area contributed by atoms with Gasteiger partial charge in [0.15, 0.2) is 0 Å². The van der Waals surface area contributed by atoms with Gasteiger partial charge in [0, 0.05) is 13.6 Å². The van der Waals surface area contributed by atoms with Crippen molar-refractivity contribution in [3.05, 3.63) is 35.6 Å². The quantitative estimate of drug-likeness (QED) is 0.723. The van der Waals surface area contributed by atoms with Crippen LogP contribution in [0.25, 0.3) is 0 Å². The second-order valence-electron chi connectivity index (χ2n) is 5.32. The normalized spacial score (nSPS) is 12.1. The highest BCUT2D eigenvalue weighted by molar-refractivity contribution is 8.01. The Morgan fingerprint density at radius 3 is 2.59 bits per heavy atom. The molecular formula is C16H22FNO3S. The smallest absolute Gasteiger partial charge is 0.316 e. The summed E-state index contributed by atoms with van der Waals surface area (Å²) < 4.78 is 18.2. The van der Waals surface area contributed by atoms with Crippen LogP contribution < -0.4 is 0 Å². The molecule has 1 unspecified atom stereocenters. The Balaban J connectivity index is 2.46. The number of benzene rings is 1. The zero-order chi connectivity index (χ0) is 16.7. The van der Waals surface area contributed by atoms with E-state index in [1.54, 1.807) is 40.0 Å². The van der Waals surface area contributed by atoms with E-state index in [0.717, 1.165) is 5.56 Å². The molecular weight excluding hydrogens is 305 g/mol. The molecule has 22 heavy (non-hydrogen) atoms. The van der Waals surface area contributed by atoms with Gasteiger partial charge in [0.25, 0.3) is 0 Å². The molecule has 4 nitrogen and oxygen atoms in total. The van der Waals surface area contributed by atoms with Gasteiger partial charge in [0.05, 0.1) is 17.1 Å². The highest BCUT2D eigenvalue weighted by Crippen LogP contribution is 2.15. The molecule has 0 heterocycles. The summed E-state index contributed by atoms with van der Waals surface area (Å²) in [5, 5.41) is -0.363. The van der Waals surface area contributed by atoms with Gasteiger partial charge in [-0.3, -0.25) is 9.59 Å². The number of hydrogen-bond acceptors (Lipinski definition) is 4. The summed E-state index contributed by atoms with van der Waals surface area (Å²) >= 11 is 1.24. The minimum atomic E-state index is -0.363. The lowest BCUT2D eigenvalue weighted by molar-refractivity contribution is -0.144. The van der Waals surface area contributed by atoms with E-state index < -0.39 is 0 Å². The molecule has 1 atom stereocenters. The fourth-order valence-corrected chi connectivity index (χ4v) is 2.64. The van der Waals surface area contributed by atoms with Crippen LogP contribution in [-0.4, -0.2) is 40.9 Å². The molecule has 0 aliphatic carbocycles. The first-order valence-electron chi connectivity index (χ1n) is 7.10. The minimum absolute atomic E-state index is 0.105. The standard InChI is InChI=1S/C16H22FNO3S/c1-11(2)21-15(19)10-22-12(3)16(20)18(4)9-13-6-5-7-14(17)8-13/h5-8,11-12H,9-10H2,1-4H3. The van der Waals surface area contributed by atoms with Gasteiger partial charge < -0.3 is 9.64 Å². The zero-order valence-electron chi connectivity index (χ0n) is 13.3. The van der Waals surface area contributed by atoms with E-state index in [4.69, 9.17) is 4.74 Å². The molecule has 0 spiro atoms. The highest BCUT2D eigenvalue weighted by Gasteiger charge is 2.20. The molecule has 0 aliphatic rings. The fourth-order valence-electron chi connectivity index (χ4n) is 1.86. The van der Waals surface area contributed by atoms with E-state index in [2.05, 4.69) is 0 Å². The SMILES string of the molecule is CC(C)OC(=O)CSC(C)C(=O)N(C)Cc1cccc(F)c1. The fraction of sp³-hybridized carbons (Fsp3) is 0.500. The molecule has 0 fully saturated rings. The predicted octanol–water partition coefficient (Wildman–Crippen LogP) is 2.86. The Morgan fingerprint density at radius 1 is 1.32 bits per heavy atom. The molecule has 0 N–H and O–H groups in total. The number of ether oxygens (including phenoxy) is 1. The molecule has 0 bridgehead atoms. The van der Waals surface area contributed by atoms with E-state index in [0.29, 0.717) is 6.54 Å². The Hall–Kier alpha value is -1.56. The number of thioether (sulfide) groups is 1. The Bertz CT molecular complexity index is 522. The van der Waals surface area contributed by atoms with Gasteiger partial charge >= 0.3 is 5.97 Å². The van der Waals surface area contributed by atoms with Crippen molar-refractivity contribution in [2.75, 3.05) is 12.8 Å². The van der Waals surface area contributed by atoms with E-state index in [1.807, 2.05) is 0 Å². The number of nitrogens with zero attached hydrogens (tertiary/aromatic N) is 1. The number of esters is 1. The van der Waals surface area contributed by atoms with Crippen LogP contribution in [0.2, 0.25) is 0 Å². The molecule has 0 aliphatic heterocycles. The lowest BCUT2D eigenvalue weighted by Crippen LogP contribution is -2.33. The number of amides is 1. The lowest BCUT2D eigenvalue weighted by Gasteiger charge is -2.21. The average molecular weight is 327 g/mol. The molecule has 0 radical (unpaired) electrons. The molecule has 6 heteroatoms. The third-order valence-electron chi connectivity index (χ3n) is 2.85. The molecule has 0 saturated carbocycles. The van der Waals surface area contributed by atoms with E-state index >= 15 is 0 Å². The summed E-state index contributed by atoms with van der Waals surface area (Å²) in [6.07, 6.45) is -0.158. The number of halogens is 1. The lowest BCUT2D eigenvalue weighted by atomic mass is 10.2. The molecule has 1 aromatic rings. The first kappa shape index (κ1) is 18.5. The van der Waals surface area contributed by atoms with Crippen molar-refractivity contribution in [1.29, 1.82) is 0 Å². The van der Waals surface area contributed by atoms with Crippen molar-refractivity contribution >= 4 is 23.6 Å². The highest BCUT2D eigenvalue weighted by atomic mass is 32.2. The summed E-state index contributed by atoms with van der Waals surface area (Å²) in [5.74, 6) is -0.616. The van der Waals surface area contributed by atoms with E-state index in [1.165, 1.54) is 28.8 Å². The maximum Gasteiger partial charge on any atom is 0.316 e. The number of rotatable bonds is 7. The van der Waals surface area contributed by atoms with E-state index in [9.17, 15) is 14.0 Å². The third-order valence-corrected chi connectivity index (χ3v) is 3.96. The summed E-state index contributed by atoms with van der Waals surface area (Å²) in [6.45, 7) is 5.64. The van der Waals surface area contributed by atoms with Gasteiger partial charge in [-0.2, -0.15) is 0 Å². The topological polar surface area (TPSA) is 46.6 Å². The van der Waals surface area contributed by atoms with Gasteiger partial charge in [0.1, 0.15) is 5.82 Å². The summed E-state index contributed by atoms with van der Waals surface area (Å²) in [5.41, 5.74) is 0.729. The second-order valence-corrected chi connectivity index (χ2v) is 6.65. The molecule has 1 amide bonds. The van der Waals surface area contributed by atoms with Crippen LogP contribution in [0.1, 0.15) is 26.3 Å². The number of hydrogen-bond donors (Lipinski definition) is 0. The zero-order valence-corrected chi connectivity index (χ0v) is 14.2. The van der Waals surface area contributed by atoms with Crippen LogP contribution >= 0.6 is 11.8 Å². The van der Waals surface area contributed by atoms with Gasteiger partial charge in [-0.15, -0.1) is 11.8 Å². The maximum absolute atomic E-state index is 13.1. The first-order valence-corrected chi connectivity index (χ1v) is 8.15. The van der Waals surface area contributed by atoms with Crippen LogP contribution in [0, 0.1) is 5.82 Å². The van der Waals surface area contributed by atoms with Crippen molar-refractivity contribution in [1.82, 2.24) is 4.90 Å². The van der Waals surface area contributed by atoms with Crippen molar-refractivity contribution < 1.29 is 18.7 Å². The maximum atomic E-state index is 13.1. The largest absolute Gasteiger partial charge is 0.462 e. The molecule has 122 valence electrons. The van der Waals surface area contributed by atoms with E-state index in [-0.39, 0.29) is 34.8 Å². The van der Waals surface area contributed by atoms with Gasteiger partial charge in [-0.25, -0.2) is 4.39 Å². The third kappa shape index (κ3) is 6.47. The van der Waals surface area contributed by atoms with Crippen molar-refractivity contribution in [2.24, 2.45) is 0 Å². The van der Waals surface area contributed by atoms with Gasteiger partial charge in [0.2, 0.25) is 5.91 Å². The Morgan fingerprint density at radius 2 is 2.00 bits per heavy atom. The first-order chi connectivity index (χ1) is 10.3.